The topological polar surface area (TPSA) is 69.6 Å². The first-order valence-electron chi connectivity index (χ1n) is 8.86. The van der Waals surface area contributed by atoms with Crippen LogP contribution < -0.4 is 5.32 Å². The van der Waals surface area contributed by atoms with Crippen LogP contribution in [0.5, 0.6) is 0 Å². The van der Waals surface area contributed by atoms with E-state index < -0.39 is 0 Å². The Balaban J connectivity index is 1.70. The second-order valence-corrected chi connectivity index (χ2v) is 6.77. The zero-order valence-corrected chi connectivity index (χ0v) is 14.9. The fourth-order valence-corrected chi connectivity index (χ4v) is 3.16. The molecule has 2 aromatic carbocycles. The first-order chi connectivity index (χ1) is 12.6. The van der Waals surface area contributed by atoms with E-state index in [1.165, 1.54) is 0 Å². The van der Waals surface area contributed by atoms with Crippen molar-refractivity contribution in [3.05, 3.63) is 65.2 Å². The third-order valence-electron chi connectivity index (χ3n) is 4.67. The van der Waals surface area contributed by atoms with Gasteiger partial charge >= 0.3 is 0 Å². The minimum absolute atomic E-state index is 0.0918. The van der Waals surface area contributed by atoms with Gasteiger partial charge in [0.05, 0.1) is 0 Å². The second kappa shape index (κ2) is 8.15. The molecule has 0 bridgehead atoms. The molecule has 1 saturated heterocycles. The minimum atomic E-state index is -0.221. The van der Waals surface area contributed by atoms with E-state index in [0.717, 1.165) is 18.4 Å². The van der Waals surface area contributed by atoms with E-state index in [1.54, 1.807) is 35.2 Å². The highest BCUT2D eigenvalue weighted by Gasteiger charge is 2.24. The van der Waals surface area contributed by atoms with Crippen LogP contribution in [0.3, 0.4) is 0 Å². The average molecular weight is 351 g/mol. The van der Waals surface area contributed by atoms with Gasteiger partial charge in [-0.1, -0.05) is 17.7 Å². The maximum atomic E-state index is 12.7. The molecule has 0 spiro atoms. The summed E-state index contributed by atoms with van der Waals surface area (Å²) in [5.41, 5.74) is 2.68. The van der Waals surface area contributed by atoms with Crippen LogP contribution in [0.15, 0.2) is 42.5 Å². The third kappa shape index (κ3) is 4.29. The zero-order chi connectivity index (χ0) is 18.5. The molecule has 0 saturated carbocycles. The Morgan fingerprint density at radius 2 is 2.00 bits per heavy atom. The number of carbonyl (C=O) groups is 2. The van der Waals surface area contributed by atoms with Gasteiger partial charge in [0.15, 0.2) is 0 Å². The summed E-state index contributed by atoms with van der Waals surface area (Å²) in [7, 11) is 0. The van der Waals surface area contributed by atoms with Crippen LogP contribution in [0.2, 0.25) is 0 Å². The Kier molecular flexibility index (Phi) is 5.68. The van der Waals surface area contributed by atoms with Crippen LogP contribution in [-0.4, -0.2) is 41.5 Å². The van der Waals surface area contributed by atoms with Crippen LogP contribution in [-0.2, 0) is 0 Å². The molecule has 1 atom stereocenters. The van der Waals surface area contributed by atoms with Gasteiger partial charge in [0.2, 0.25) is 0 Å². The first kappa shape index (κ1) is 18.1. The molecule has 2 N–H and O–H groups in total. The number of rotatable bonds is 4. The van der Waals surface area contributed by atoms with Crippen molar-refractivity contribution in [1.29, 1.82) is 0 Å². The molecule has 1 fully saturated rings. The van der Waals surface area contributed by atoms with Gasteiger partial charge < -0.3 is 15.3 Å². The van der Waals surface area contributed by atoms with Gasteiger partial charge in [-0.15, -0.1) is 0 Å². The number of aliphatic hydroxyl groups is 1. The summed E-state index contributed by atoms with van der Waals surface area (Å²) in [6.07, 6.45) is 1.84. The molecule has 1 radical (unpaired) electrons. The molecule has 1 heterocycles. The summed E-state index contributed by atoms with van der Waals surface area (Å²) in [5.74, 6) is -0.173. The van der Waals surface area contributed by atoms with Gasteiger partial charge in [-0.05, 0) is 62.1 Å². The quantitative estimate of drug-likeness (QED) is 0.890. The van der Waals surface area contributed by atoms with Crippen LogP contribution in [0.1, 0.15) is 39.1 Å². The number of amides is 2. The lowest BCUT2D eigenvalue weighted by atomic mass is 9.98. The fraction of sp³-hybridized carbons (Fsp3) is 0.333. The lowest BCUT2D eigenvalue weighted by Crippen LogP contribution is -2.40. The highest BCUT2D eigenvalue weighted by Crippen LogP contribution is 2.20. The zero-order valence-electron chi connectivity index (χ0n) is 14.9. The Morgan fingerprint density at radius 3 is 2.73 bits per heavy atom. The standard InChI is InChI=1S/C21H23N2O3/c1-15-7-9-17(10-8-15)20(25)22-19-6-2-5-18(12-19)21(26)23-11-3-4-16(13-23)14-24/h5-10,12,16,24H,3-4,11,13-14H2,1H3,(H,22,25)/t16-/m0/s1. The van der Waals surface area contributed by atoms with E-state index in [2.05, 4.69) is 11.4 Å². The van der Waals surface area contributed by atoms with Crippen molar-refractivity contribution >= 4 is 17.5 Å². The third-order valence-corrected chi connectivity index (χ3v) is 4.67. The molecule has 2 aromatic rings. The number of hydrogen-bond donors (Lipinski definition) is 2. The predicted octanol–water partition coefficient (Wildman–Crippen LogP) is 2.89. The lowest BCUT2D eigenvalue weighted by molar-refractivity contribution is 0.0620. The normalized spacial score (nSPS) is 17.0. The van der Waals surface area contributed by atoms with Gasteiger partial charge in [-0.2, -0.15) is 0 Å². The summed E-state index contributed by atoms with van der Waals surface area (Å²) in [4.78, 5) is 26.8. The molecule has 1 aliphatic rings. The summed E-state index contributed by atoms with van der Waals surface area (Å²) in [6.45, 7) is 3.32. The van der Waals surface area contributed by atoms with Gasteiger partial charge in [-0.25, -0.2) is 0 Å². The minimum Gasteiger partial charge on any atom is -0.396 e. The number of benzene rings is 2. The summed E-state index contributed by atoms with van der Waals surface area (Å²) in [5, 5.41) is 12.2. The molecular formula is C21H23N2O3. The van der Waals surface area contributed by atoms with Crippen LogP contribution in [0.25, 0.3) is 0 Å². The Hall–Kier alpha value is -2.66. The molecule has 0 aromatic heterocycles. The van der Waals surface area contributed by atoms with Crippen molar-refractivity contribution in [2.24, 2.45) is 5.92 Å². The second-order valence-electron chi connectivity index (χ2n) is 6.77. The van der Waals surface area contributed by atoms with E-state index in [1.807, 2.05) is 19.1 Å². The van der Waals surface area contributed by atoms with Crippen molar-refractivity contribution in [1.82, 2.24) is 4.90 Å². The summed E-state index contributed by atoms with van der Waals surface area (Å²) >= 11 is 0. The van der Waals surface area contributed by atoms with Gasteiger partial charge in [0.25, 0.3) is 11.8 Å². The smallest absolute Gasteiger partial charge is 0.255 e. The fourth-order valence-electron chi connectivity index (χ4n) is 3.16. The van der Waals surface area contributed by atoms with E-state index in [9.17, 15) is 14.7 Å². The number of nitrogens with zero attached hydrogens (tertiary/aromatic N) is 1. The van der Waals surface area contributed by atoms with Crippen molar-refractivity contribution in [3.63, 3.8) is 0 Å². The van der Waals surface area contributed by atoms with E-state index in [-0.39, 0.29) is 24.3 Å². The summed E-state index contributed by atoms with van der Waals surface area (Å²) < 4.78 is 0. The molecular weight excluding hydrogens is 328 g/mol. The van der Waals surface area contributed by atoms with Crippen molar-refractivity contribution in [2.75, 3.05) is 25.0 Å². The molecule has 26 heavy (non-hydrogen) atoms. The van der Waals surface area contributed by atoms with E-state index >= 15 is 0 Å². The van der Waals surface area contributed by atoms with Crippen LogP contribution in [0.4, 0.5) is 5.69 Å². The largest absolute Gasteiger partial charge is 0.396 e. The number of piperidine rings is 1. The number of aliphatic hydroxyl groups excluding tert-OH is 1. The van der Waals surface area contributed by atoms with Crippen molar-refractivity contribution < 1.29 is 14.7 Å². The van der Waals surface area contributed by atoms with Crippen molar-refractivity contribution in [2.45, 2.75) is 19.8 Å². The predicted molar refractivity (Wildman–Crippen MR) is 100 cm³/mol. The number of carbonyl (C=O) groups excluding carboxylic acids is 2. The molecule has 3 rings (SSSR count). The molecule has 0 unspecified atom stereocenters. The maximum Gasteiger partial charge on any atom is 0.255 e. The van der Waals surface area contributed by atoms with E-state index in [4.69, 9.17) is 0 Å². The molecule has 5 nitrogen and oxygen atoms in total. The van der Waals surface area contributed by atoms with Gasteiger partial charge in [-0.3, -0.25) is 9.59 Å². The number of hydrogen-bond acceptors (Lipinski definition) is 3. The summed E-state index contributed by atoms with van der Waals surface area (Å²) in [6, 6.07) is 15.2. The van der Waals surface area contributed by atoms with E-state index in [0.29, 0.717) is 29.9 Å². The van der Waals surface area contributed by atoms with Gasteiger partial charge in [0.1, 0.15) is 0 Å². The number of nitrogens with one attached hydrogen (secondary N) is 1. The molecule has 0 aliphatic carbocycles. The lowest BCUT2D eigenvalue weighted by Gasteiger charge is -2.32. The Labute approximate surface area is 153 Å². The maximum absolute atomic E-state index is 12.7. The van der Waals surface area contributed by atoms with Gasteiger partial charge in [0, 0.05) is 36.5 Å². The SMILES string of the molecule is Cc1ccc(C(=O)Nc2c[c]cc(C(=O)N3CCC[C@H](CO)C3)c2)cc1. The molecule has 5 heteroatoms. The average Bonchev–Trinajstić information content (AvgIpc) is 2.68. The molecule has 1 aliphatic heterocycles. The number of anilines is 1. The monoisotopic (exact) mass is 351 g/mol. The Morgan fingerprint density at radius 1 is 1.23 bits per heavy atom. The van der Waals surface area contributed by atoms with Crippen LogP contribution in [0, 0.1) is 18.9 Å². The highest BCUT2D eigenvalue weighted by atomic mass is 16.3. The van der Waals surface area contributed by atoms with Crippen LogP contribution >= 0.6 is 0 Å². The molecule has 135 valence electrons. The first-order valence-corrected chi connectivity index (χ1v) is 8.86. The number of aryl methyl sites for hydroxylation is 1. The molecule has 2 amide bonds. The Bertz CT molecular complexity index is 786. The highest BCUT2D eigenvalue weighted by molar-refractivity contribution is 6.05. The van der Waals surface area contributed by atoms with Crippen molar-refractivity contribution in [3.8, 4) is 0 Å². The number of likely N-dealkylation sites (tertiary alicyclic amines) is 1.